The van der Waals surface area contributed by atoms with Gasteiger partial charge in [0.15, 0.2) is 0 Å². The van der Waals surface area contributed by atoms with Crippen LogP contribution in [-0.4, -0.2) is 50.0 Å². The maximum atomic E-state index is 12.0. The molecule has 0 aromatic rings. The van der Waals surface area contributed by atoms with Crippen LogP contribution in [0, 0.1) is 0 Å². The second kappa shape index (κ2) is 8.41. The quantitative estimate of drug-likeness (QED) is 0.611. The summed E-state index contributed by atoms with van der Waals surface area (Å²) in [6.45, 7) is 2.83. The summed E-state index contributed by atoms with van der Waals surface area (Å²) in [5, 5.41) is 2.99. The average Bonchev–Trinajstić information content (AvgIpc) is 2.16. The summed E-state index contributed by atoms with van der Waals surface area (Å²) in [6, 6.07) is -0.430. The van der Waals surface area contributed by atoms with Crippen molar-refractivity contribution in [2.75, 3.05) is 26.7 Å². The lowest BCUT2D eigenvalue weighted by atomic mass is 10.2. The molecule has 1 atom stereocenters. The number of halogens is 2. The minimum Gasteiger partial charge on any atom is -0.368 e. The van der Waals surface area contributed by atoms with Gasteiger partial charge in [-0.1, -0.05) is 6.92 Å². The minimum absolute atomic E-state index is 0.279. The van der Waals surface area contributed by atoms with E-state index in [4.69, 9.17) is 5.73 Å². The van der Waals surface area contributed by atoms with Crippen LogP contribution in [0.3, 0.4) is 0 Å². The molecule has 0 aromatic heterocycles. The van der Waals surface area contributed by atoms with Crippen molar-refractivity contribution in [3.8, 4) is 0 Å². The van der Waals surface area contributed by atoms with E-state index in [1.807, 2.05) is 6.92 Å². The van der Waals surface area contributed by atoms with E-state index < -0.39 is 18.4 Å². The summed E-state index contributed by atoms with van der Waals surface area (Å²) in [4.78, 5) is 12.5. The van der Waals surface area contributed by atoms with Gasteiger partial charge < -0.3 is 16.0 Å². The molecule has 0 rings (SSSR count). The first kappa shape index (κ1) is 15.2. The zero-order valence-electron chi connectivity index (χ0n) is 9.88. The third kappa shape index (κ3) is 7.53. The van der Waals surface area contributed by atoms with Crippen LogP contribution in [0.15, 0.2) is 0 Å². The predicted molar refractivity (Wildman–Crippen MR) is 59.4 cm³/mol. The van der Waals surface area contributed by atoms with Crippen molar-refractivity contribution in [3.05, 3.63) is 0 Å². The highest BCUT2D eigenvalue weighted by atomic mass is 19.3. The Morgan fingerprint density at radius 1 is 1.50 bits per heavy atom. The van der Waals surface area contributed by atoms with E-state index in [2.05, 4.69) is 5.32 Å². The van der Waals surface area contributed by atoms with E-state index in [1.165, 1.54) is 4.90 Å². The monoisotopic (exact) mass is 237 g/mol. The molecule has 1 unspecified atom stereocenters. The third-order valence-electron chi connectivity index (χ3n) is 2.23. The van der Waals surface area contributed by atoms with Gasteiger partial charge >= 0.3 is 0 Å². The van der Waals surface area contributed by atoms with Gasteiger partial charge in [-0.3, -0.25) is 4.79 Å². The van der Waals surface area contributed by atoms with Crippen LogP contribution in [0.4, 0.5) is 8.78 Å². The molecule has 0 radical (unpaired) electrons. The number of nitrogens with two attached hydrogens (primary N) is 1. The number of carbonyl (C=O) groups is 1. The maximum Gasteiger partial charge on any atom is 0.251 e. The Balaban J connectivity index is 3.87. The summed E-state index contributed by atoms with van der Waals surface area (Å²) in [5.41, 5.74) is 5.20. The molecule has 0 fully saturated rings. The van der Waals surface area contributed by atoms with Gasteiger partial charge in [0, 0.05) is 6.54 Å². The average molecular weight is 237 g/mol. The van der Waals surface area contributed by atoms with Crippen molar-refractivity contribution in [3.63, 3.8) is 0 Å². The zero-order chi connectivity index (χ0) is 12.6. The Hall–Kier alpha value is -0.750. The van der Waals surface area contributed by atoms with Gasteiger partial charge in [0.2, 0.25) is 5.91 Å². The van der Waals surface area contributed by atoms with E-state index in [1.54, 1.807) is 7.05 Å². The molecule has 96 valence electrons. The lowest BCUT2D eigenvalue weighted by molar-refractivity contribution is -0.120. The van der Waals surface area contributed by atoms with Crippen molar-refractivity contribution >= 4 is 5.91 Å². The molecule has 1 amide bonds. The molecule has 0 spiro atoms. The van der Waals surface area contributed by atoms with Crippen molar-refractivity contribution < 1.29 is 13.6 Å². The van der Waals surface area contributed by atoms with Crippen LogP contribution in [0.1, 0.15) is 19.8 Å². The molecule has 0 heterocycles. The van der Waals surface area contributed by atoms with Gasteiger partial charge in [-0.15, -0.1) is 0 Å². The Labute approximate surface area is 95.2 Å². The first-order valence-corrected chi connectivity index (χ1v) is 5.46. The van der Waals surface area contributed by atoms with Gasteiger partial charge in [0.25, 0.3) is 6.43 Å². The number of hydrogen-bond acceptors (Lipinski definition) is 3. The van der Waals surface area contributed by atoms with E-state index in [0.29, 0.717) is 19.5 Å². The van der Waals surface area contributed by atoms with Gasteiger partial charge in [0.1, 0.15) is 0 Å². The summed E-state index contributed by atoms with van der Waals surface area (Å²) >= 11 is 0. The largest absolute Gasteiger partial charge is 0.368 e. The fourth-order valence-corrected chi connectivity index (χ4v) is 1.34. The normalized spacial score (nSPS) is 13.4. The molecule has 0 saturated heterocycles. The molecule has 6 heteroatoms. The SMILES string of the molecule is CCCNC(CCN(C)CC(F)F)C(N)=O. The van der Waals surface area contributed by atoms with Crippen LogP contribution in [0.5, 0.6) is 0 Å². The smallest absolute Gasteiger partial charge is 0.251 e. The zero-order valence-corrected chi connectivity index (χ0v) is 9.88. The van der Waals surface area contributed by atoms with Crippen LogP contribution in [0.25, 0.3) is 0 Å². The highest BCUT2D eigenvalue weighted by molar-refractivity contribution is 5.79. The molecule has 3 N–H and O–H groups in total. The van der Waals surface area contributed by atoms with Crippen LogP contribution >= 0.6 is 0 Å². The van der Waals surface area contributed by atoms with E-state index in [9.17, 15) is 13.6 Å². The maximum absolute atomic E-state index is 12.0. The number of carbonyl (C=O) groups excluding carboxylic acids is 1. The molecule has 0 aliphatic carbocycles. The molecule has 0 aliphatic heterocycles. The van der Waals surface area contributed by atoms with Gasteiger partial charge in [-0.2, -0.15) is 0 Å². The Morgan fingerprint density at radius 2 is 2.12 bits per heavy atom. The van der Waals surface area contributed by atoms with Gasteiger partial charge in [-0.25, -0.2) is 8.78 Å². The van der Waals surface area contributed by atoms with Gasteiger partial charge in [-0.05, 0) is 26.4 Å². The second-order valence-corrected chi connectivity index (χ2v) is 3.85. The van der Waals surface area contributed by atoms with Crippen LogP contribution in [-0.2, 0) is 4.79 Å². The van der Waals surface area contributed by atoms with Crippen molar-refractivity contribution in [1.82, 2.24) is 10.2 Å². The molecule has 0 bridgehead atoms. The summed E-state index contributed by atoms with van der Waals surface area (Å²) in [5.74, 6) is -0.432. The van der Waals surface area contributed by atoms with Gasteiger partial charge in [0.05, 0.1) is 12.6 Å². The van der Waals surface area contributed by atoms with E-state index in [0.717, 1.165) is 6.42 Å². The second-order valence-electron chi connectivity index (χ2n) is 3.85. The molecule has 4 nitrogen and oxygen atoms in total. The fourth-order valence-electron chi connectivity index (χ4n) is 1.34. The lowest BCUT2D eigenvalue weighted by Gasteiger charge is -2.20. The Morgan fingerprint density at radius 3 is 2.56 bits per heavy atom. The number of amides is 1. The van der Waals surface area contributed by atoms with E-state index >= 15 is 0 Å². The highest BCUT2D eigenvalue weighted by Gasteiger charge is 2.15. The number of alkyl halides is 2. The number of rotatable bonds is 9. The Bertz CT molecular complexity index is 203. The molecular formula is C10H21F2N3O. The first-order chi connectivity index (χ1) is 7.47. The number of nitrogens with one attached hydrogen (secondary N) is 1. The molecule has 0 aromatic carbocycles. The fraction of sp³-hybridized carbons (Fsp3) is 0.900. The topological polar surface area (TPSA) is 58.4 Å². The predicted octanol–water partition coefficient (Wildman–Crippen LogP) is 0.427. The Kier molecular flexibility index (Phi) is 8.01. The summed E-state index contributed by atoms with van der Waals surface area (Å²) < 4.78 is 24.0. The summed E-state index contributed by atoms with van der Waals surface area (Å²) in [7, 11) is 1.60. The highest BCUT2D eigenvalue weighted by Crippen LogP contribution is 1.99. The number of hydrogen-bond donors (Lipinski definition) is 2. The van der Waals surface area contributed by atoms with Crippen molar-refractivity contribution in [1.29, 1.82) is 0 Å². The molecule has 0 aliphatic rings. The summed E-state index contributed by atoms with van der Waals surface area (Å²) in [6.07, 6.45) is -0.990. The third-order valence-corrected chi connectivity index (χ3v) is 2.23. The lowest BCUT2D eigenvalue weighted by Crippen LogP contribution is -2.43. The minimum atomic E-state index is -2.35. The van der Waals surface area contributed by atoms with Crippen molar-refractivity contribution in [2.24, 2.45) is 5.73 Å². The number of nitrogens with zero attached hydrogens (tertiary/aromatic N) is 1. The van der Waals surface area contributed by atoms with Crippen LogP contribution < -0.4 is 11.1 Å². The number of primary amides is 1. The molecular weight excluding hydrogens is 216 g/mol. The van der Waals surface area contributed by atoms with Crippen molar-refractivity contribution in [2.45, 2.75) is 32.2 Å². The van der Waals surface area contributed by atoms with Crippen LogP contribution in [0.2, 0.25) is 0 Å². The standard InChI is InChI=1S/C10H21F2N3O/c1-3-5-14-8(10(13)16)4-6-15(2)7-9(11)12/h8-9,14H,3-7H2,1-2H3,(H2,13,16). The van der Waals surface area contributed by atoms with E-state index in [-0.39, 0.29) is 6.54 Å². The molecule has 16 heavy (non-hydrogen) atoms. The molecule has 0 saturated carbocycles. The first-order valence-electron chi connectivity index (χ1n) is 5.46.